The molecule has 0 bridgehead atoms. The van der Waals surface area contributed by atoms with Crippen molar-refractivity contribution >= 4 is 12.1 Å². The highest BCUT2D eigenvalue weighted by Gasteiger charge is 2.50. The van der Waals surface area contributed by atoms with Gasteiger partial charge in [-0.15, -0.1) is 0 Å². The standard InChI is InChI=1S/C16H27NO4/c1-16(2,3)14-17(15(19)20)12(13(18)21-14)10-11-8-6-4-5-7-9-11/h11-12,14H,4-10H2,1-3H3,(H,19,20)/t12-,14+/m0/s1/i12D. The zero-order valence-electron chi connectivity index (χ0n) is 14.2. The maximum absolute atomic E-state index is 12.3. The van der Waals surface area contributed by atoms with E-state index in [1.807, 2.05) is 20.8 Å². The van der Waals surface area contributed by atoms with Crippen molar-refractivity contribution in [3.63, 3.8) is 0 Å². The molecule has 2 aliphatic rings. The molecule has 1 saturated heterocycles. The van der Waals surface area contributed by atoms with Crippen LogP contribution in [-0.2, 0) is 9.53 Å². The van der Waals surface area contributed by atoms with Gasteiger partial charge in [0.05, 0.1) is 1.37 Å². The Bertz CT molecular complexity index is 440. The molecule has 1 N–H and O–H groups in total. The van der Waals surface area contributed by atoms with Gasteiger partial charge in [0.25, 0.3) is 0 Å². The molecule has 2 fully saturated rings. The summed E-state index contributed by atoms with van der Waals surface area (Å²) in [6, 6.07) is -1.81. The molecule has 1 aliphatic heterocycles. The second-order valence-electron chi connectivity index (χ2n) is 7.28. The third-order valence-corrected chi connectivity index (χ3v) is 4.38. The maximum atomic E-state index is 12.3. The van der Waals surface area contributed by atoms with Crippen molar-refractivity contribution in [2.45, 2.75) is 78.0 Å². The first-order valence-corrected chi connectivity index (χ1v) is 7.89. The van der Waals surface area contributed by atoms with Gasteiger partial charge in [-0.05, 0) is 12.3 Å². The van der Waals surface area contributed by atoms with Crippen LogP contribution < -0.4 is 0 Å². The highest BCUT2D eigenvalue weighted by molar-refractivity contribution is 5.84. The van der Waals surface area contributed by atoms with Gasteiger partial charge < -0.3 is 9.84 Å². The molecular weight excluding hydrogens is 270 g/mol. The van der Waals surface area contributed by atoms with E-state index < -0.39 is 29.7 Å². The number of cyclic esters (lactones) is 1. The van der Waals surface area contributed by atoms with Gasteiger partial charge in [0.1, 0.15) is 6.02 Å². The van der Waals surface area contributed by atoms with Crippen LogP contribution in [0.4, 0.5) is 4.79 Å². The Morgan fingerprint density at radius 3 is 2.38 bits per heavy atom. The fraction of sp³-hybridized carbons (Fsp3) is 0.875. The SMILES string of the molecule is [2H][C@]1(CC2CCCCCC2)C(=O)O[C@H](C(C)(C)C)N1C(=O)O. The number of hydrogen-bond donors (Lipinski definition) is 1. The van der Waals surface area contributed by atoms with Gasteiger partial charge in [0.15, 0.2) is 6.23 Å². The van der Waals surface area contributed by atoms with Crippen LogP contribution >= 0.6 is 0 Å². The number of hydrogen-bond acceptors (Lipinski definition) is 3. The number of nitrogens with zero attached hydrogens (tertiary/aromatic N) is 1. The number of esters is 1. The largest absolute Gasteiger partial charge is 0.465 e. The van der Waals surface area contributed by atoms with Crippen LogP contribution in [-0.4, -0.2) is 34.3 Å². The summed E-state index contributed by atoms with van der Waals surface area (Å²) in [5.74, 6) is -0.507. The molecule has 0 radical (unpaired) electrons. The zero-order valence-corrected chi connectivity index (χ0v) is 13.2. The summed E-state index contributed by atoms with van der Waals surface area (Å²) < 4.78 is 13.9. The lowest BCUT2D eigenvalue weighted by Gasteiger charge is -2.33. The summed E-state index contributed by atoms with van der Waals surface area (Å²) in [7, 11) is 0. The first-order valence-electron chi connectivity index (χ1n) is 8.39. The summed E-state index contributed by atoms with van der Waals surface area (Å²) in [5.41, 5.74) is -0.555. The number of carbonyl (C=O) groups is 2. The number of carbonyl (C=O) groups excluding carboxylic acids is 1. The van der Waals surface area contributed by atoms with Crippen LogP contribution in [0.25, 0.3) is 0 Å². The van der Waals surface area contributed by atoms with Gasteiger partial charge >= 0.3 is 12.1 Å². The van der Waals surface area contributed by atoms with E-state index >= 15 is 0 Å². The lowest BCUT2D eigenvalue weighted by Crippen LogP contribution is -2.47. The molecule has 1 heterocycles. The minimum absolute atomic E-state index is 0.216. The Morgan fingerprint density at radius 2 is 1.90 bits per heavy atom. The van der Waals surface area contributed by atoms with Gasteiger partial charge in [-0.2, -0.15) is 0 Å². The van der Waals surface area contributed by atoms with Crippen molar-refractivity contribution in [2.75, 3.05) is 0 Å². The number of ether oxygens (including phenoxy) is 1. The monoisotopic (exact) mass is 298 g/mol. The van der Waals surface area contributed by atoms with Crippen molar-refractivity contribution in [1.82, 2.24) is 4.90 Å². The molecule has 0 aromatic carbocycles. The summed E-state index contributed by atoms with van der Waals surface area (Å²) in [5, 5.41) is 9.56. The Hall–Kier alpha value is -1.26. The Balaban J connectivity index is 2.24. The smallest absolute Gasteiger partial charge is 0.410 e. The second kappa shape index (κ2) is 6.24. The predicted octanol–water partition coefficient (Wildman–Crippen LogP) is 3.62. The van der Waals surface area contributed by atoms with Crippen LogP contribution in [0.3, 0.4) is 0 Å². The Morgan fingerprint density at radius 1 is 1.33 bits per heavy atom. The number of amides is 1. The molecule has 2 atom stereocenters. The van der Waals surface area contributed by atoms with Crippen molar-refractivity contribution in [2.24, 2.45) is 11.3 Å². The number of carboxylic acid groups (broad SMARTS) is 1. The summed E-state index contributed by atoms with van der Waals surface area (Å²) in [4.78, 5) is 24.9. The van der Waals surface area contributed by atoms with Crippen LogP contribution in [0.1, 0.15) is 67.1 Å². The molecule has 0 aromatic rings. The fourth-order valence-corrected chi connectivity index (χ4v) is 3.26. The molecule has 120 valence electrons. The average Bonchev–Trinajstić information content (AvgIpc) is 2.55. The fourth-order valence-electron chi connectivity index (χ4n) is 3.26. The molecule has 0 unspecified atom stereocenters. The van der Waals surface area contributed by atoms with E-state index in [1.54, 1.807) is 0 Å². The zero-order chi connectivity index (χ0) is 16.5. The van der Waals surface area contributed by atoms with Crippen molar-refractivity contribution in [3.05, 3.63) is 0 Å². The van der Waals surface area contributed by atoms with E-state index in [1.165, 1.54) is 12.8 Å². The van der Waals surface area contributed by atoms with E-state index in [-0.39, 0.29) is 12.3 Å². The van der Waals surface area contributed by atoms with Crippen LogP contribution in [0.5, 0.6) is 0 Å². The van der Waals surface area contributed by atoms with E-state index in [2.05, 4.69) is 0 Å². The van der Waals surface area contributed by atoms with E-state index in [0.29, 0.717) is 0 Å². The first kappa shape index (κ1) is 14.7. The van der Waals surface area contributed by atoms with Gasteiger partial charge in [-0.3, -0.25) is 4.90 Å². The number of rotatable bonds is 2. The minimum atomic E-state index is -1.81. The Labute approximate surface area is 128 Å². The third kappa shape index (κ3) is 3.69. The van der Waals surface area contributed by atoms with Gasteiger partial charge in [0.2, 0.25) is 0 Å². The van der Waals surface area contributed by atoms with Crippen LogP contribution in [0.15, 0.2) is 0 Å². The lowest BCUT2D eigenvalue weighted by atomic mass is 9.90. The van der Waals surface area contributed by atoms with Crippen molar-refractivity contribution in [3.8, 4) is 0 Å². The first-order chi connectivity index (χ1) is 10.2. The van der Waals surface area contributed by atoms with Crippen LogP contribution in [0.2, 0.25) is 0 Å². The Kier molecular flexibility index (Phi) is 4.36. The van der Waals surface area contributed by atoms with Crippen LogP contribution in [0, 0.1) is 11.3 Å². The molecule has 1 saturated carbocycles. The maximum Gasteiger partial charge on any atom is 0.410 e. The summed E-state index contributed by atoms with van der Waals surface area (Å²) in [6.07, 6.45) is 4.54. The highest BCUT2D eigenvalue weighted by atomic mass is 16.6. The molecular formula is C16H27NO4. The lowest BCUT2D eigenvalue weighted by molar-refractivity contribution is -0.147. The average molecular weight is 298 g/mol. The predicted molar refractivity (Wildman–Crippen MR) is 78.8 cm³/mol. The molecule has 2 rings (SSSR count). The van der Waals surface area contributed by atoms with Crippen molar-refractivity contribution < 1.29 is 20.8 Å². The van der Waals surface area contributed by atoms with E-state index in [9.17, 15) is 14.7 Å². The van der Waals surface area contributed by atoms with Crippen molar-refractivity contribution in [1.29, 1.82) is 0 Å². The van der Waals surface area contributed by atoms with E-state index in [0.717, 1.165) is 30.6 Å². The molecule has 0 spiro atoms. The van der Waals surface area contributed by atoms with Gasteiger partial charge in [-0.25, -0.2) is 9.59 Å². The minimum Gasteiger partial charge on any atom is -0.465 e. The van der Waals surface area contributed by atoms with Gasteiger partial charge in [0, 0.05) is 5.41 Å². The topological polar surface area (TPSA) is 66.8 Å². The highest BCUT2D eigenvalue weighted by Crippen LogP contribution is 2.36. The molecule has 21 heavy (non-hydrogen) atoms. The quantitative estimate of drug-likeness (QED) is 0.624. The summed E-state index contributed by atoms with van der Waals surface area (Å²) in [6.45, 7) is 5.45. The molecule has 1 aliphatic carbocycles. The van der Waals surface area contributed by atoms with Gasteiger partial charge in [-0.1, -0.05) is 59.3 Å². The molecule has 1 amide bonds. The third-order valence-electron chi connectivity index (χ3n) is 4.38. The molecule has 5 heteroatoms. The molecule has 5 nitrogen and oxygen atoms in total. The molecule has 0 aromatic heterocycles. The summed E-state index contributed by atoms with van der Waals surface area (Å²) >= 11 is 0. The van der Waals surface area contributed by atoms with E-state index in [4.69, 9.17) is 6.11 Å². The normalized spacial score (nSPS) is 32.5. The second-order valence-corrected chi connectivity index (χ2v) is 7.28.